The van der Waals surface area contributed by atoms with Gasteiger partial charge in [0, 0.05) is 24.6 Å². The molecule has 1 atom stereocenters. The Kier molecular flexibility index (Phi) is 5.01. The van der Waals surface area contributed by atoms with Gasteiger partial charge in [0.05, 0.1) is 19.5 Å². The first-order valence-electron chi connectivity index (χ1n) is 6.77. The van der Waals surface area contributed by atoms with Crippen LogP contribution >= 0.6 is 0 Å². The van der Waals surface area contributed by atoms with E-state index in [4.69, 9.17) is 4.74 Å². The van der Waals surface area contributed by atoms with Crippen molar-refractivity contribution in [1.29, 1.82) is 0 Å². The second-order valence-corrected chi connectivity index (χ2v) is 7.19. The Hall–Kier alpha value is -1.11. The van der Waals surface area contributed by atoms with Gasteiger partial charge in [-0.05, 0) is 18.9 Å². The third-order valence-electron chi connectivity index (χ3n) is 3.57. The fourth-order valence-electron chi connectivity index (χ4n) is 2.45. The number of rotatable bonds is 5. The number of benzene rings is 1. The van der Waals surface area contributed by atoms with E-state index in [0.29, 0.717) is 25.4 Å². The van der Waals surface area contributed by atoms with Gasteiger partial charge in [0.2, 0.25) is 10.0 Å². The van der Waals surface area contributed by atoms with Crippen molar-refractivity contribution < 1.29 is 18.3 Å². The lowest BCUT2D eigenvalue weighted by atomic mass is 10.0. The Morgan fingerprint density at radius 1 is 1.40 bits per heavy atom. The highest BCUT2D eigenvalue weighted by atomic mass is 32.2. The summed E-state index contributed by atoms with van der Waals surface area (Å²) in [5.74, 6) is 0.872. The molecule has 5 nitrogen and oxygen atoms in total. The van der Waals surface area contributed by atoms with E-state index < -0.39 is 10.0 Å². The Labute approximate surface area is 120 Å². The number of aliphatic hydroxyl groups is 1. The van der Waals surface area contributed by atoms with Gasteiger partial charge in [0.25, 0.3) is 0 Å². The summed E-state index contributed by atoms with van der Waals surface area (Å²) in [6.07, 6.45) is 3.08. The zero-order valence-corrected chi connectivity index (χ0v) is 12.5. The maximum Gasteiger partial charge on any atom is 0.211 e. The summed E-state index contributed by atoms with van der Waals surface area (Å²) in [5.41, 5.74) is 0.753. The number of sulfonamides is 1. The number of hydrogen-bond donors (Lipinski definition) is 1. The van der Waals surface area contributed by atoms with E-state index in [2.05, 4.69) is 0 Å². The van der Waals surface area contributed by atoms with Crippen LogP contribution in [0.15, 0.2) is 24.3 Å². The molecule has 2 rings (SSSR count). The van der Waals surface area contributed by atoms with E-state index >= 15 is 0 Å². The van der Waals surface area contributed by atoms with Crippen molar-refractivity contribution in [3.8, 4) is 5.75 Å². The third kappa shape index (κ3) is 3.94. The Morgan fingerprint density at radius 3 is 2.85 bits per heavy atom. The monoisotopic (exact) mass is 299 g/mol. The zero-order chi connectivity index (χ0) is 14.6. The van der Waals surface area contributed by atoms with Gasteiger partial charge in [0.15, 0.2) is 0 Å². The molecule has 0 aliphatic carbocycles. The van der Waals surface area contributed by atoms with Gasteiger partial charge >= 0.3 is 0 Å². The highest BCUT2D eigenvalue weighted by molar-refractivity contribution is 7.88. The van der Waals surface area contributed by atoms with Gasteiger partial charge in [-0.3, -0.25) is 0 Å². The number of ether oxygens (including phenoxy) is 1. The molecule has 0 saturated carbocycles. The lowest BCUT2D eigenvalue weighted by molar-refractivity contribution is 0.176. The molecule has 1 saturated heterocycles. The lowest BCUT2D eigenvalue weighted by Crippen LogP contribution is -2.40. The molecule has 1 aromatic rings. The second-order valence-electron chi connectivity index (χ2n) is 5.21. The first kappa shape index (κ1) is 15.3. The molecule has 1 unspecified atom stereocenters. The number of piperidine rings is 1. The molecule has 0 spiro atoms. The molecule has 1 heterocycles. The standard InChI is InChI=1S/C14H21NO4S/c1-20(17,18)15-8-4-5-12(9-15)11-19-14-7-3-2-6-13(14)10-16/h2-3,6-7,12,16H,4-5,8-11H2,1H3. The van der Waals surface area contributed by atoms with Gasteiger partial charge in [-0.15, -0.1) is 0 Å². The quantitative estimate of drug-likeness (QED) is 0.888. The summed E-state index contributed by atoms with van der Waals surface area (Å²) < 4.78 is 30.4. The topological polar surface area (TPSA) is 66.8 Å². The van der Waals surface area contributed by atoms with Crippen LogP contribution in [0.4, 0.5) is 0 Å². The normalized spacial score (nSPS) is 20.8. The van der Waals surface area contributed by atoms with E-state index in [-0.39, 0.29) is 12.5 Å². The van der Waals surface area contributed by atoms with Gasteiger partial charge in [-0.25, -0.2) is 12.7 Å². The highest BCUT2D eigenvalue weighted by Crippen LogP contribution is 2.22. The summed E-state index contributed by atoms with van der Waals surface area (Å²) in [5, 5.41) is 9.24. The SMILES string of the molecule is CS(=O)(=O)N1CCCC(COc2ccccc2CO)C1. The van der Waals surface area contributed by atoms with Crippen molar-refractivity contribution in [2.75, 3.05) is 26.0 Å². The van der Waals surface area contributed by atoms with Crippen molar-refractivity contribution >= 4 is 10.0 Å². The summed E-state index contributed by atoms with van der Waals surface area (Å²) in [6, 6.07) is 7.35. The van der Waals surface area contributed by atoms with E-state index in [1.165, 1.54) is 10.6 Å². The van der Waals surface area contributed by atoms with E-state index in [0.717, 1.165) is 18.4 Å². The molecule has 112 valence electrons. The number of aliphatic hydroxyl groups excluding tert-OH is 1. The zero-order valence-electron chi connectivity index (χ0n) is 11.7. The highest BCUT2D eigenvalue weighted by Gasteiger charge is 2.26. The second kappa shape index (κ2) is 6.56. The summed E-state index contributed by atoms with van der Waals surface area (Å²) in [6.45, 7) is 1.53. The minimum absolute atomic E-state index is 0.0592. The fourth-order valence-corrected chi connectivity index (χ4v) is 3.39. The Balaban J connectivity index is 1.94. The Morgan fingerprint density at radius 2 is 2.15 bits per heavy atom. The van der Waals surface area contributed by atoms with E-state index in [1.54, 1.807) is 0 Å². The van der Waals surface area contributed by atoms with Crippen molar-refractivity contribution in [3.63, 3.8) is 0 Å². The minimum Gasteiger partial charge on any atom is -0.493 e. The largest absolute Gasteiger partial charge is 0.493 e. The molecule has 0 amide bonds. The van der Waals surface area contributed by atoms with Crippen LogP contribution < -0.4 is 4.74 Å². The predicted molar refractivity (Wildman–Crippen MR) is 77.0 cm³/mol. The maximum absolute atomic E-state index is 11.6. The number of nitrogens with zero attached hydrogens (tertiary/aromatic N) is 1. The van der Waals surface area contributed by atoms with Crippen LogP contribution in [0.3, 0.4) is 0 Å². The fraction of sp³-hybridized carbons (Fsp3) is 0.571. The smallest absolute Gasteiger partial charge is 0.211 e. The van der Waals surface area contributed by atoms with Crippen molar-refractivity contribution in [2.45, 2.75) is 19.4 Å². The van der Waals surface area contributed by atoms with Crippen LogP contribution in [0.5, 0.6) is 5.75 Å². The van der Waals surface area contributed by atoms with Gasteiger partial charge < -0.3 is 9.84 Å². The van der Waals surface area contributed by atoms with Crippen LogP contribution in [-0.2, 0) is 16.6 Å². The summed E-state index contributed by atoms with van der Waals surface area (Å²) in [7, 11) is -3.12. The first-order chi connectivity index (χ1) is 9.50. The molecule has 1 aliphatic heterocycles. The molecule has 6 heteroatoms. The predicted octanol–water partition coefficient (Wildman–Crippen LogP) is 1.23. The molecule has 1 aliphatic rings. The van der Waals surface area contributed by atoms with Gasteiger partial charge in [-0.1, -0.05) is 18.2 Å². The molecular formula is C14H21NO4S. The van der Waals surface area contributed by atoms with Crippen LogP contribution in [0, 0.1) is 5.92 Å². The first-order valence-corrected chi connectivity index (χ1v) is 8.62. The molecule has 0 bridgehead atoms. The van der Waals surface area contributed by atoms with Gasteiger partial charge in [0.1, 0.15) is 5.75 Å². The molecule has 0 radical (unpaired) electrons. The van der Waals surface area contributed by atoms with Crippen molar-refractivity contribution in [1.82, 2.24) is 4.31 Å². The van der Waals surface area contributed by atoms with Gasteiger partial charge in [-0.2, -0.15) is 0 Å². The van der Waals surface area contributed by atoms with Crippen LogP contribution in [-0.4, -0.2) is 43.8 Å². The third-order valence-corrected chi connectivity index (χ3v) is 4.84. The molecule has 0 aromatic heterocycles. The average Bonchev–Trinajstić information content (AvgIpc) is 2.45. The molecular weight excluding hydrogens is 278 g/mol. The van der Waals surface area contributed by atoms with Crippen LogP contribution in [0.25, 0.3) is 0 Å². The number of hydrogen-bond acceptors (Lipinski definition) is 4. The average molecular weight is 299 g/mol. The van der Waals surface area contributed by atoms with Crippen molar-refractivity contribution in [3.05, 3.63) is 29.8 Å². The molecule has 1 N–H and O–H groups in total. The van der Waals surface area contributed by atoms with Crippen LogP contribution in [0.1, 0.15) is 18.4 Å². The summed E-state index contributed by atoms with van der Waals surface area (Å²) in [4.78, 5) is 0. The summed E-state index contributed by atoms with van der Waals surface area (Å²) >= 11 is 0. The Bertz CT molecular complexity index is 544. The maximum atomic E-state index is 11.6. The number of para-hydroxylation sites is 1. The van der Waals surface area contributed by atoms with Crippen LogP contribution in [0.2, 0.25) is 0 Å². The van der Waals surface area contributed by atoms with E-state index in [1.807, 2.05) is 24.3 Å². The molecule has 20 heavy (non-hydrogen) atoms. The molecule has 1 fully saturated rings. The molecule has 1 aromatic carbocycles. The minimum atomic E-state index is -3.12. The van der Waals surface area contributed by atoms with E-state index in [9.17, 15) is 13.5 Å². The lowest BCUT2D eigenvalue weighted by Gasteiger charge is -2.30. The van der Waals surface area contributed by atoms with Crippen molar-refractivity contribution in [2.24, 2.45) is 5.92 Å².